The molecule has 1 saturated carbocycles. The van der Waals surface area contributed by atoms with Crippen LogP contribution in [0.3, 0.4) is 0 Å². The number of rotatable bonds is 2. The van der Waals surface area contributed by atoms with Gasteiger partial charge >= 0.3 is 5.97 Å². The molecule has 0 bridgehead atoms. The fourth-order valence-corrected chi connectivity index (χ4v) is 3.61. The molecule has 0 aromatic rings. The molecule has 1 N–H and O–H groups in total. The van der Waals surface area contributed by atoms with Crippen molar-refractivity contribution in [3.63, 3.8) is 0 Å². The maximum atomic E-state index is 12.0. The summed E-state index contributed by atoms with van der Waals surface area (Å²) in [6, 6.07) is 0. The number of cyclic esters (lactones) is 1. The number of ether oxygens (including phenoxy) is 2. The summed E-state index contributed by atoms with van der Waals surface area (Å²) in [6.07, 6.45) is 0.982. The lowest BCUT2D eigenvalue weighted by molar-refractivity contribution is -0.310. The van der Waals surface area contributed by atoms with Crippen LogP contribution in [0.2, 0.25) is 0 Å². The van der Waals surface area contributed by atoms with Gasteiger partial charge < -0.3 is 14.6 Å². The van der Waals surface area contributed by atoms with Crippen molar-refractivity contribution in [3.8, 4) is 0 Å². The summed E-state index contributed by atoms with van der Waals surface area (Å²) in [7, 11) is 0. The quantitative estimate of drug-likeness (QED) is 0.783. The van der Waals surface area contributed by atoms with Crippen LogP contribution in [0.4, 0.5) is 0 Å². The Labute approximate surface area is 115 Å². The number of hydrogen-bond donors (Lipinski definition) is 1. The highest BCUT2D eigenvalue weighted by atomic mass is 16.7. The zero-order valence-corrected chi connectivity index (χ0v) is 12.6. The lowest BCUT2D eigenvalue weighted by Gasteiger charge is -2.54. The van der Waals surface area contributed by atoms with Gasteiger partial charge in [-0.25, -0.2) is 0 Å². The summed E-state index contributed by atoms with van der Waals surface area (Å²) in [6.45, 7) is 9.82. The third-order valence-electron chi connectivity index (χ3n) is 5.08. The number of fused-ring (bicyclic) bond motifs is 1. The molecule has 19 heavy (non-hydrogen) atoms. The average molecular weight is 270 g/mol. The molecule has 2 aliphatic rings. The van der Waals surface area contributed by atoms with Crippen LogP contribution in [0, 0.1) is 23.7 Å². The Morgan fingerprint density at radius 2 is 1.95 bits per heavy atom. The molecule has 1 aliphatic carbocycles. The first kappa shape index (κ1) is 14.8. The minimum atomic E-state index is -1.06. The van der Waals surface area contributed by atoms with Gasteiger partial charge in [0, 0.05) is 5.92 Å². The van der Waals surface area contributed by atoms with Crippen LogP contribution in [0.5, 0.6) is 0 Å². The van der Waals surface area contributed by atoms with Crippen molar-refractivity contribution in [1.82, 2.24) is 0 Å². The minimum Gasteiger partial charge on any atom is -0.432 e. The van der Waals surface area contributed by atoms with Crippen molar-refractivity contribution in [3.05, 3.63) is 0 Å². The van der Waals surface area contributed by atoms with E-state index >= 15 is 0 Å². The Hall–Kier alpha value is -0.610. The second-order valence-corrected chi connectivity index (χ2v) is 6.58. The van der Waals surface area contributed by atoms with Crippen molar-refractivity contribution >= 4 is 5.97 Å². The molecule has 4 heteroatoms. The highest BCUT2D eigenvalue weighted by molar-refractivity contribution is 5.74. The van der Waals surface area contributed by atoms with Crippen LogP contribution >= 0.6 is 0 Å². The number of esters is 1. The van der Waals surface area contributed by atoms with Crippen LogP contribution in [0.15, 0.2) is 0 Å². The molecule has 1 heterocycles. The number of carbonyl (C=O) groups is 1. The summed E-state index contributed by atoms with van der Waals surface area (Å²) in [5.41, 5.74) is -1.06. The van der Waals surface area contributed by atoms with Gasteiger partial charge in [0.2, 0.25) is 6.29 Å². The lowest BCUT2D eigenvalue weighted by atomic mass is 9.60. The van der Waals surface area contributed by atoms with Gasteiger partial charge in [0.25, 0.3) is 0 Å². The zero-order chi connectivity index (χ0) is 14.4. The largest absolute Gasteiger partial charge is 0.432 e. The van der Waals surface area contributed by atoms with Gasteiger partial charge in [-0.2, -0.15) is 0 Å². The number of aliphatic hydroxyl groups is 1. The van der Waals surface area contributed by atoms with Gasteiger partial charge in [-0.05, 0) is 38.5 Å². The summed E-state index contributed by atoms with van der Waals surface area (Å²) in [4.78, 5) is 12.0. The van der Waals surface area contributed by atoms with Crippen molar-refractivity contribution < 1.29 is 19.4 Å². The van der Waals surface area contributed by atoms with E-state index in [-0.39, 0.29) is 29.8 Å². The fourth-order valence-electron chi connectivity index (χ4n) is 3.61. The van der Waals surface area contributed by atoms with Crippen LogP contribution < -0.4 is 0 Å². The van der Waals surface area contributed by atoms with Crippen molar-refractivity contribution in [2.75, 3.05) is 0 Å². The molecule has 4 unspecified atom stereocenters. The highest BCUT2D eigenvalue weighted by Gasteiger charge is 2.60. The lowest BCUT2D eigenvalue weighted by Crippen LogP contribution is -2.65. The molecule has 110 valence electrons. The maximum absolute atomic E-state index is 12.0. The van der Waals surface area contributed by atoms with E-state index in [1.165, 1.54) is 0 Å². The Morgan fingerprint density at radius 3 is 2.53 bits per heavy atom. The molecule has 2 rings (SSSR count). The highest BCUT2D eigenvalue weighted by Crippen LogP contribution is 2.50. The second kappa shape index (κ2) is 5.06. The summed E-state index contributed by atoms with van der Waals surface area (Å²) in [5, 5.41) is 11.2. The van der Waals surface area contributed by atoms with Gasteiger partial charge in [-0.15, -0.1) is 0 Å². The van der Waals surface area contributed by atoms with E-state index in [4.69, 9.17) is 9.47 Å². The number of hydrogen-bond acceptors (Lipinski definition) is 4. The van der Waals surface area contributed by atoms with E-state index in [1.807, 2.05) is 27.7 Å². The van der Waals surface area contributed by atoms with Gasteiger partial charge in [0.1, 0.15) is 5.60 Å². The molecule has 0 spiro atoms. The van der Waals surface area contributed by atoms with E-state index in [0.29, 0.717) is 5.92 Å². The van der Waals surface area contributed by atoms with Crippen LogP contribution in [-0.2, 0) is 14.3 Å². The SMILES string of the molecule is CC(C)OC1OC(=O)C(C)C2CC[C@@H](C)C(C)[C@]12O. The summed E-state index contributed by atoms with van der Waals surface area (Å²) in [5.74, 6) is -0.105. The normalized spacial score (nSPS) is 46.9. The molecule has 0 radical (unpaired) electrons. The minimum absolute atomic E-state index is 0.0607. The van der Waals surface area contributed by atoms with E-state index < -0.39 is 11.9 Å². The first-order valence-electron chi connectivity index (χ1n) is 7.36. The van der Waals surface area contributed by atoms with Crippen molar-refractivity contribution in [1.29, 1.82) is 0 Å². The van der Waals surface area contributed by atoms with Gasteiger partial charge in [0.05, 0.1) is 12.0 Å². The predicted octanol–water partition coefficient (Wildman–Crippen LogP) is 2.34. The van der Waals surface area contributed by atoms with Gasteiger partial charge in [-0.1, -0.05) is 20.8 Å². The Balaban J connectivity index is 2.35. The molecule has 2 fully saturated rings. The topological polar surface area (TPSA) is 55.8 Å². The summed E-state index contributed by atoms with van der Waals surface area (Å²) < 4.78 is 11.1. The smallest absolute Gasteiger partial charge is 0.311 e. The molecular weight excluding hydrogens is 244 g/mol. The van der Waals surface area contributed by atoms with Crippen molar-refractivity contribution in [2.24, 2.45) is 23.7 Å². The third-order valence-corrected chi connectivity index (χ3v) is 5.08. The molecular formula is C15H26O4. The predicted molar refractivity (Wildman–Crippen MR) is 71.3 cm³/mol. The average Bonchev–Trinajstić information content (AvgIpc) is 2.32. The molecule has 0 amide bonds. The molecule has 6 atom stereocenters. The summed E-state index contributed by atoms with van der Waals surface area (Å²) >= 11 is 0. The Morgan fingerprint density at radius 1 is 1.32 bits per heavy atom. The monoisotopic (exact) mass is 270 g/mol. The second-order valence-electron chi connectivity index (χ2n) is 6.58. The number of carbonyl (C=O) groups excluding carboxylic acids is 1. The first-order valence-corrected chi connectivity index (χ1v) is 7.36. The van der Waals surface area contributed by atoms with Crippen LogP contribution in [0.25, 0.3) is 0 Å². The standard InChI is InChI=1S/C15H26O4/c1-8(2)18-14-15(17)11(5)9(3)6-7-12(15)10(4)13(16)19-14/h8-12,14,17H,6-7H2,1-5H3/t9-,10?,11?,12?,14?,15-/m1/s1. The first-order chi connectivity index (χ1) is 8.78. The van der Waals surface area contributed by atoms with Crippen LogP contribution in [-0.4, -0.2) is 29.1 Å². The van der Waals surface area contributed by atoms with Gasteiger partial charge in [-0.3, -0.25) is 4.79 Å². The molecule has 4 nitrogen and oxygen atoms in total. The molecule has 0 aromatic heterocycles. The van der Waals surface area contributed by atoms with Gasteiger partial charge in [0.15, 0.2) is 0 Å². The van der Waals surface area contributed by atoms with Crippen molar-refractivity contribution in [2.45, 2.75) is 65.5 Å². The van der Waals surface area contributed by atoms with E-state index in [2.05, 4.69) is 6.92 Å². The Bertz CT molecular complexity index is 354. The maximum Gasteiger partial charge on any atom is 0.311 e. The molecule has 1 saturated heterocycles. The van der Waals surface area contributed by atoms with E-state index in [9.17, 15) is 9.90 Å². The fraction of sp³-hybridized carbons (Fsp3) is 0.933. The van der Waals surface area contributed by atoms with E-state index in [0.717, 1.165) is 12.8 Å². The van der Waals surface area contributed by atoms with E-state index in [1.54, 1.807) is 0 Å². The molecule has 0 aromatic carbocycles. The van der Waals surface area contributed by atoms with Crippen LogP contribution in [0.1, 0.15) is 47.5 Å². The zero-order valence-electron chi connectivity index (χ0n) is 12.6. The Kier molecular flexibility index (Phi) is 3.94. The molecule has 1 aliphatic heterocycles. The third kappa shape index (κ3) is 2.29.